The smallest absolute Gasteiger partial charge is 0.0440 e. The first-order valence-corrected chi connectivity index (χ1v) is 8.71. The average Bonchev–Trinajstić information content (AvgIpc) is 2.86. The van der Waals surface area contributed by atoms with Crippen molar-refractivity contribution in [3.05, 3.63) is 51.2 Å². The van der Waals surface area contributed by atoms with Crippen LogP contribution in [0.3, 0.4) is 0 Å². The molecule has 1 N–H and O–H groups in total. The van der Waals surface area contributed by atoms with Crippen LogP contribution in [-0.2, 0) is 19.5 Å². The molecule has 3 heteroatoms. The summed E-state index contributed by atoms with van der Waals surface area (Å²) in [6.45, 7) is 8.67. The molecular weight excluding hydrogens is 276 g/mol. The summed E-state index contributed by atoms with van der Waals surface area (Å²) in [5, 5.41) is 3.42. The molecule has 0 bridgehead atoms. The van der Waals surface area contributed by atoms with E-state index < -0.39 is 0 Å². The molecule has 1 aromatic carbocycles. The number of hydrogen-bond donors (Lipinski definition) is 1. The maximum Gasteiger partial charge on any atom is 0.0440 e. The lowest BCUT2D eigenvalue weighted by atomic mass is 10.0. The van der Waals surface area contributed by atoms with Crippen molar-refractivity contribution in [3.63, 3.8) is 0 Å². The van der Waals surface area contributed by atoms with Crippen LogP contribution in [-0.4, -0.2) is 13.1 Å². The third-order valence-corrected chi connectivity index (χ3v) is 5.28. The summed E-state index contributed by atoms with van der Waals surface area (Å²) >= 11 is 1.94. The lowest BCUT2D eigenvalue weighted by molar-refractivity contribution is 0.690. The maximum atomic E-state index is 3.42. The molecule has 1 aliphatic rings. The molecule has 0 amide bonds. The van der Waals surface area contributed by atoms with Crippen LogP contribution >= 0.6 is 11.3 Å². The first-order valence-electron chi connectivity index (χ1n) is 7.89. The average molecular weight is 300 g/mol. The van der Waals surface area contributed by atoms with E-state index in [0.29, 0.717) is 0 Å². The lowest BCUT2D eigenvalue weighted by Gasteiger charge is -2.31. The molecule has 1 aromatic heterocycles. The Hall–Kier alpha value is -1.32. The van der Waals surface area contributed by atoms with Gasteiger partial charge < -0.3 is 10.2 Å². The highest BCUT2D eigenvalue weighted by molar-refractivity contribution is 7.12. The Labute approximate surface area is 131 Å². The first-order chi connectivity index (χ1) is 10.3. The van der Waals surface area contributed by atoms with Gasteiger partial charge in [-0.15, -0.1) is 11.3 Å². The number of fused-ring (bicyclic) bond motifs is 1. The van der Waals surface area contributed by atoms with Crippen molar-refractivity contribution < 1.29 is 0 Å². The molecule has 2 nitrogen and oxygen atoms in total. The van der Waals surface area contributed by atoms with Crippen LogP contribution in [0.2, 0.25) is 0 Å². The van der Waals surface area contributed by atoms with Gasteiger partial charge in [-0.3, -0.25) is 0 Å². The lowest BCUT2D eigenvalue weighted by Crippen LogP contribution is -2.28. The number of aryl methyl sites for hydroxylation is 2. The summed E-state index contributed by atoms with van der Waals surface area (Å²) < 4.78 is 0. The number of rotatable bonds is 5. The molecule has 0 saturated heterocycles. The van der Waals surface area contributed by atoms with Gasteiger partial charge in [-0.25, -0.2) is 0 Å². The largest absolute Gasteiger partial charge is 0.367 e. The fraction of sp³-hybridized carbons (Fsp3) is 0.444. The van der Waals surface area contributed by atoms with Crippen LogP contribution in [0.1, 0.15) is 34.2 Å². The van der Waals surface area contributed by atoms with Crippen LogP contribution in [0.15, 0.2) is 30.3 Å². The molecule has 0 atom stereocenters. The number of thiophene rings is 1. The third kappa shape index (κ3) is 3.30. The van der Waals surface area contributed by atoms with Crippen molar-refractivity contribution in [2.75, 3.05) is 18.0 Å². The third-order valence-electron chi connectivity index (χ3n) is 4.19. The van der Waals surface area contributed by atoms with Gasteiger partial charge in [-0.1, -0.05) is 25.1 Å². The van der Waals surface area contributed by atoms with Crippen molar-refractivity contribution >= 4 is 17.0 Å². The maximum absolute atomic E-state index is 3.42. The molecule has 1 aliphatic heterocycles. The van der Waals surface area contributed by atoms with E-state index in [1.54, 1.807) is 0 Å². The summed E-state index contributed by atoms with van der Waals surface area (Å²) in [6, 6.07) is 11.3. The van der Waals surface area contributed by atoms with E-state index in [2.05, 4.69) is 54.4 Å². The number of hydrogen-bond acceptors (Lipinski definition) is 3. The van der Waals surface area contributed by atoms with E-state index >= 15 is 0 Å². The molecule has 112 valence electrons. The first kappa shape index (κ1) is 14.6. The van der Waals surface area contributed by atoms with Gasteiger partial charge in [0, 0.05) is 35.1 Å². The molecular formula is C18H24N2S. The second-order valence-electron chi connectivity index (χ2n) is 5.73. The van der Waals surface area contributed by atoms with Gasteiger partial charge in [0.2, 0.25) is 0 Å². The molecule has 3 rings (SSSR count). The minimum Gasteiger partial charge on any atom is -0.367 e. The Balaban J connectivity index is 1.77. The zero-order valence-electron chi connectivity index (χ0n) is 13.0. The van der Waals surface area contributed by atoms with E-state index in [0.717, 1.165) is 19.6 Å². The Bertz CT molecular complexity index is 603. The van der Waals surface area contributed by atoms with Gasteiger partial charge in [-0.2, -0.15) is 0 Å². The molecule has 21 heavy (non-hydrogen) atoms. The molecule has 2 heterocycles. The highest BCUT2D eigenvalue weighted by Crippen LogP contribution is 2.30. The van der Waals surface area contributed by atoms with E-state index in [9.17, 15) is 0 Å². The fourth-order valence-electron chi connectivity index (χ4n) is 3.06. The van der Waals surface area contributed by atoms with Crippen molar-refractivity contribution in [1.82, 2.24) is 5.32 Å². The predicted octanol–water partition coefficient (Wildman–Crippen LogP) is 4.12. The molecule has 0 unspecified atom stereocenters. The minimum absolute atomic E-state index is 0.999. The van der Waals surface area contributed by atoms with Crippen molar-refractivity contribution in [3.8, 4) is 0 Å². The van der Waals surface area contributed by atoms with Gasteiger partial charge in [-0.05, 0) is 49.6 Å². The monoisotopic (exact) mass is 300 g/mol. The van der Waals surface area contributed by atoms with E-state index in [4.69, 9.17) is 0 Å². The number of anilines is 1. The number of benzene rings is 1. The van der Waals surface area contributed by atoms with Crippen LogP contribution < -0.4 is 10.2 Å². The normalized spacial score (nSPS) is 14.3. The quantitative estimate of drug-likeness (QED) is 0.893. The topological polar surface area (TPSA) is 15.3 Å². The zero-order chi connectivity index (χ0) is 14.7. The van der Waals surface area contributed by atoms with Crippen molar-refractivity contribution in [1.29, 1.82) is 0 Å². The van der Waals surface area contributed by atoms with Gasteiger partial charge in [0.05, 0.1) is 0 Å². The second kappa shape index (κ2) is 6.63. The van der Waals surface area contributed by atoms with E-state index in [1.165, 1.54) is 46.0 Å². The second-order valence-corrected chi connectivity index (χ2v) is 7.07. The summed E-state index contributed by atoms with van der Waals surface area (Å²) in [6.07, 6.45) is 2.49. The van der Waals surface area contributed by atoms with Crippen molar-refractivity contribution in [2.45, 2.75) is 39.8 Å². The molecule has 0 spiro atoms. The van der Waals surface area contributed by atoms with Crippen LogP contribution in [0.5, 0.6) is 0 Å². The number of nitrogens with one attached hydrogen (secondary N) is 1. The Morgan fingerprint density at radius 2 is 2.14 bits per heavy atom. The summed E-state index contributed by atoms with van der Waals surface area (Å²) in [5.74, 6) is 0. The Kier molecular flexibility index (Phi) is 4.61. The molecule has 0 fully saturated rings. The number of nitrogens with zero attached hydrogens (tertiary/aromatic N) is 1. The highest BCUT2D eigenvalue weighted by Gasteiger charge is 2.17. The Morgan fingerprint density at radius 3 is 3.00 bits per heavy atom. The van der Waals surface area contributed by atoms with Crippen LogP contribution in [0.4, 0.5) is 5.69 Å². The molecule has 0 aliphatic carbocycles. The van der Waals surface area contributed by atoms with Gasteiger partial charge in [0.1, 0.15) is 0 Å². The fourth-order valence-corrected chi connectivity index (χ4v) is 4.08. The van der Waals surface area contributed by atoms with Gasteiger partial charge in [0.25, 0.3) is 0 Å². The minimum atomic E-state index is 0.999. The van der Waals surface area contributed by atoms with Gasteiger partial charge >= 0.3 is 0 Å². The summed E-state index contributed by atoms with van der Waals surface area (Å²) in [7, 11) is 0. The molecule has 0 radical (unpaired) electrons. The summed E-state index contributed by atoms with van der Waals surface area (Å²) in [4.78, 5) is 5.46. The SMILES string of the molecule is CCNCc1cc(CN2CCCc3ccccc32)c(C)s1. The van der Waals surface area contributed by atoms with E-state index in [-0.39, 0.29) is 0 Å². The molecule has 2 aromatic rings. The number of para-hydroxylation sites is 1. The highest BCUT2D eigenvalue weighted by atomic mass is 32.1. The molecule has 0 saturated carbocycles. The van der Waals surface area contributed by atoms with Gasteiger partial charge in [0.15, 0.2) is 0 Å². The van der Waals surface area contributed by atoms with E-state index in [1.807, 2.05) is 11.3 Å². The summed E-state index contributed by atoms with van der Waals surface area (Å²) in [5.41, 5.74) is 4.43. The Morgan fingerprint density at radius 1 is 1.29 bits per heavy atom. The van der Waals surface area contributed by atoms with Crippen LogP contribution in [0, 0.1) is 6.92 Å². The van der Waals surface area contributed by atoms with Crippen molar-refractivity contribution in [2.24, 2.45) is 0 Å². The zero-order valence-corrected chi connectivity index (χ0v) is 13.8. The van der Waals surface area contributed by atoms with Crippen LogP contribution in [0.25, 0.3) is 0 Å². The standard InChI is InChI=1S/C18H24N2S/c1-3-19-12-17-11-16(14(2)21-17)13-20-10-6-8-15-7-4-5-9-18(15)20/h4-5,7,9,11,19H,3,6,8,10,12-13H2,1-2H3. The predicted molar refractivity (Wildman–Crippen MR) is 92.2 cm³/mol.